The van der Waals surface area contributed by atoms with Crippen LogP contribution in [0.1, 0.15) is 12.1 Å². The van der Waals surface area contributed by atoms with Gasteiger partial charge in [-0.3, -0.25) is 4.79 Å². The van der Waals surface area contributed by atoms with Gasteiger partial charge in [-0.05, 0) is 6.07 Å². The standard InChI is InChI=1S/C6H4ClF2NO3S/c7-14(12,13)3-1-2-4(11)10-5(3)6(8)9/h1-2,6H,(H,10,11). The summed E-state index contributed by atoms with van der Waals surface area (Å²) < 4.78 is 46.0. The topological polar surface area (TPSA) is 67.0 Å². The number of pyridine rings is 1. The average molecular weight is 244 g/mol. The summed E-state index contributed by atoms with van der Waals surface area (Å²) >= 11 is 0. The third-order valence-electron chi connectivity index (χ3n) is 1.39. The lowest BCUT2D eigenvalue weighted by atomic mass is 10.3. The summed E-state index contributed by atoms with van der Waals surface area (Å²) in [5, 5.41) is 0. The molecule has 1 aromatic rings. The van der Waals surface area contributed by atoms with E-state index in [0.717, 1.165) is 12.1 Å². The number of nitrogens with one attached hydrogen (secondary N) is 1. The molecule has 0 spiro atoms. The highest BCUT2D eigenvalue weighted by Gasteiger charge is 2.22. The Morgan fingerprint density at radius 2 is 1.93 bits per heavy atom. The Morgan fingerprint density at radius 3 is 2.36 bits per heavy atom. The van der Waals surface area contributed by atoms with E-state index in [0.29, 0.717) is 0 Å². The Labute approximate surface area is 81.9 Å². The molecule has 8 heteroatoms. The molecule has 0 aliphatic heterocycles. The first-order valence-corrected chi connectivity index (χ1v) is 5.59. The number of halogens is 3. The van der Waals surface area contributed by atoms with E-state index in [2.05, 4.69) is 0 Å². The molecular weight excluding hydrogens is 240 g/mol. The number of aromatic nitrogens is 1. The van der Waals surface area contributed by atoms with Crippen LogP contribution < -0.4 is 5.56 Å². The van der Waals surface area contributed by atoms with E-state index in [1.807, 2.05) is 0 Å². The van der Waals surface area contributed by atoms with Crippen molar-refractivity contribution in [1.29, 1.82) is 0 Å². The number of hydrogen-bond donors (Lipinski definition) is 1. The molecule has 0 fully saturated rings. The molecule has 4 nitrogen and oxygen atoms in total. The van der Waals surface area contributed by atoms with Crippen molar-refractivity contribution >= 4 is 19.7 Å². The molecule has 1 heterocycles. The van der Waals surface area contributed by atoms with Gasteiger partial charge in [-0.25, -0.2) is 17.2 Å². The van der Waals surface area contributed by atoms with E-state index in [1.54, 1.807) is 4.98 Å². The molecule has 0 radical (unpaired) electrons. The minimum Gasteiger partial charge on any atom is -0.320 e. The van der Waals surface area contributed by atoms with E-state index in [-0.39, 0.29) is 0 Å². The lowest BCUT2D eigenvalue weighted by Gasteiger charge is -2.03. The number of hydrogen-bond acceptors (Lipinski definition) is 3. The number of rotatable bonds is 2. The SMILES string of the molecule is O=c1ccc(S(=O)(=O)Cl)c(C(F)F)[nH]1. The fourth-order valence-electron chi connectivity index (χ4n) is 0.852. The van der Waals surface area contributed by atoms with Crippen molar-refractivity contribution in [3.05, 3.63) is 28.2 Å². The van der Waals surface area contributed by atoms with Gasteiger partial charge in [0.25, 0.3) is 15.5 Å². The van der Waals surface area contributed by atoms with Gasteiger partial charge in [0.1, 0.15) is 10.6 Å². The van der Waals surface area contributed by atoms with Crippen molar-refractivity contribution < 1.29 is 17.2 Å². The monoisotopic (exact) mass is 243 g/mol. The number of alkyl halides is 2. The Bertz CT molecular complexity index is 496. The molecule has 0 saturated carbocycles. The molecule has 0 atom stereocenters. The van der Waals surface area contributed by atoms with E-state index in [4.69, 9.17) is 10.7 Å². The number of aromatic amines is 1. The van der Waals surface area contributed by atoms with E-state index in [9.17, 15) is 22.0 Å². The maximum absolute atomic E-state index is 12.2. The second-order valence-electron chi connectivity index (χ2n) is 2.34. The molecule has 0 aliphatic rings. The smallest absolute Gasteiger partial charge is 0.279 e. The molecule has 0 aliphatic carbocycles. The maximum Gasteiger partial charge on any atom is 0.279 e. The fourth-order valence-corrected chi connectivity index (χ4v) is 1.89. The summed E-state index contributed by atoms with van der Waals surface area (Å²) in [5.41, 5.74) is -1.81. The largest absolute Gasteiger partial charge is 0.320 e. The van der Waals surface area contributed by atoms with Crippen LogP contribution in [0.15, 0.2) is 21.8 Å². The van der Waals surface area contributed by atoms with Gasteiger partial charge in [-0.15, -0.1) is 0 Å². The summed E-state index contributed by atoms with van der Waals surface area (Å²) in [6.07, 6.45) is -3.10. The molecule has 1 aromatic heterocycles. The Morgan fingerprint density at radius 1 is 1.36 bits per heavy atom. The maximum atomic E-state index is 12.2. The van der Waals surface area contributed by atoms with Crippen LogP contribution in [0.2, 0.25) is 0 Å². The van der Waals surface area contributed by atoms with Gasteiger partial charge >= 0.3 is 0 Å². The van der Waals surface area contributed by atoms with Gasteiger partial charge < -0.3 is 4.98 Å². The summed E-state index contributed by atoms with van der Waals surface area (Å²) in [5.74, 6) is 0. The van der Waals surface area contributed by atoms with Crippen molar-refractivity contribution in [2.45, 2.75) is 11.3 Å². The molecule has 14 heavy (non-hydrogen) atoms. The first kappa shape index (κ1) is 11.1. The van der Waals surface area contributed by atoms with Crippen molar-refractivity contribution in [3.63, 3.8) is 0 Å². The summed E-state index contributed by atoms with van der Waals surface area (Å²) in [6.45, 7) is 0. The second kappa shape index (κ2) is 3.66. The van der Waals surface area contributed by atoms with Crippen LogP contribution in [0.3, 0.4) is 0 Å². The predicted molar refractivity (Wildman–Crippen MR) is 45.1 cm³/mol. The van der Waals surface area contributed by atoms with Crippen LogP contribution in [0.25, 0.3) is 0 Å². The summed E-state index contributed by atoms with van der Waals surface area (Å²) in [6, 6.07) is 1.55. The highest BCUT2D eigenvalue weighted by Crippen LogP contribution is 2.25. The van der Waals surface area contributed by atoms with E-state index >= 15 is 0 Å². The zero-order chi connectivity index (χ0) is 10.9. The zero-order valence-corrected chi connectivity index (χ0v) is 8.07. The lowest BCUT2D eigenvalue weighted by Crippen LogP contribution is -2.11. The normalized spacial score (nSPS) is 12.0. The van der Waals surface area contributed by atoms with Gasteiger partial charge in [-0.1, -0.05) is 0 Å². The van der Waals surface area contributed by atoms with Crippen molar-refractivity contribution in [3.8, 4) is 0 Å². The number of H-pyrrole nitrogens is 1. The van der Waals surface area contributed by atoms with Crippen molar-refractivity contribution in [2.24, 2.45) is 0 Å². The van der Waals surface area contributed by atoms with Crippen LogP contribution in [0.4, 0.5) is 8.78 Å². The Hall–Kier alpha value is -0.950. The highest BCUT2D eigenvalue weighted by atomic mass is 35.7. The van der Waals surface area contributed by atoms with Gasteiger partial charge in [0.2, 0.25) is 5.56 Å². The predicted octanol–water partition coefficient (Wildman–Crippen LogP) is 1.24. The second-order valence-corrected chi connectivity index (χ2v) is 4.87. The van der Waals surface area contributed by atoms with Crippen LogP contribution in [0.5, 0.6) is 0 Å². The molecule has 0 bridgehead atoms. The Balaban J connectivity index is 3.53. The third-order valence-corrected chi connectivity index (χ3v) is 2.77. The average Bonchev–Trinajstić information content (AvgIpc) is 2.01. The molecule has 1 rings (SSSR count). The molecule has 0 aromatic carbocycles. The van der Waals surface area contributed by atoms with Gasteiger partial charge in [-0.2, -0.15) is 0 Å². The van der Waals surface area contributed by atoms with Crippen LogP contribution in [0, 0.1) is 0 Å². The fraction of sp³-hybridized carbons (Fsp3) is 0.167. The van der Waals surface area contributed by atoms with Crippen molar-refractivity contribution in [1.82, 2.24) is 4.98 Å². The minimum absolute atomic E-state index is 0.739. The first-order chi connectivity index (χ1) is 6.32. The first-order valence-electron chi connectivity index (χ1n) is 3.28. The molecule has 0 saturated heterocycles. The highest BCUT2D eigenvalue weighted by molar-refractivity contribution is 8.13. The molecule has 0 amide bonds. The minimum atomic E-state index is -4.27. The van der Waals surface area contributed by atoms with Crippen LogP contribution in [-0.4, -0.2) is 13.4 Å². The Kier molecular flexibility index (Phi) is 2.91. The van der Waals surface area contributed by atoms with Gasteiger partial charge in [0.15, 0.2) is 0 Å². The summed E-state index contributed by atoms with van der Waals surface area (Å²) in [7, 11) is 0.604. The van der Waals surface area contributed by atoms with Gasteiger partial charge in [0, 0.05) is 16.7 Å². The van der Waals surface area contributed by atoms with Crippen LogP contribution >= 0.6 is 10.7 Å². The van der Waals surface area contributed by atoms with Crippen LogP contribution in [-0.2, 0) is 9.05 Å². The van der Waals surface area contributed by atoms with E-state index < -0.39 is 31.6 Å². The third kappa shape index (κ3) is 2.30. The van der Waals surface area contributed by atoms with E-state index in [1.165, 1.54) is 0 Å². The quantitative estimate of drug-likeness (QED) is 0.795. The molecule has 1 N–H and O–H groups in total. The lowest BCUT2D eigenvalue weighted by molar-refractivity contribution is 0.142. The zero-order valence-electron chi connectivity index (χ0n) is 6.50. The van der Waals surface area contributed by atoms with Gasteiger partial charge in [0.05, 0.1) is 0 Å². The molecule has 78 valence electrons. The van der Waals surface area contributed by atoms with Crippen molar-refractivity contribution in [2.75, 3.05) is 0 Å². The molecular formula is C6H4ClF2NO3S. The summed E-state index contributed by atoms with van der Waals surface area (Å²) in [4.78, 5) is 11.6. The molecule has 0 unspecified atom stereocenters.